The third-order valence-electron chi connectivity index (χ3n) is 2.51. The molecule has 3 amide bonds. The van der Waals surface area contributed by atoms with E-state index in [0.29, 0.717) is 5.56 Å². The van der Waals surface area contributed by atoms with Crippen LogP contribution in [0.5, 0.6) is 0 Å². The number of imide groups is 1. The van der Waals surface area contributed by atoms with E-state index < -0.39 is 23.5 Å². The number of aromatic nitrogens is 2. The maximum Gasteiger partial charge on any atom is 0.437 e. The van der Waals surface area contributed by atoms with Gasteiger partial charge in [0.2, 0.25) is 11.8 Å². The molecule has 0 unspecified atom stereocenters. The minimum absolute atomic E-state index is 0.00955. The van der Waals surface area contributed by atoms with Crippen LogP contribution in [0.3, 0.4) is 0 Å². The monoisotopic (exact) mass is 294 g/mol. The smallest absolute Gasteiger partial charge is 0.388 e. The van der Waals surface area contributed by atoms with Crippen molar-refractivity contribution >= 4 is 11.9 Å². The molecule has 8 nitrogen and oxygen atoms in total. The second-order valence-corrected chi connectivity index (χ2v) is 4.07. The number of hydrogen-bond acceptors (Lipinski definition) is 5. The van der Waals surface area contributed by atoms with Crippen molar-refractivity contribution in [3.63, 3.8) is 0 Å². The highest BCUT2D eigenvalue weighted by atomic mass is 19.1. The van der Waals surface area contributed by atoms with Crippen molar-refractivity contribution in [3.05, 3.63) is 40.6 Å². The van der Waals surface area contributed by atoms with E-state index in [0.717, 1.165) is 4.68 Å². The molecular weight excluding hydrogens is 283 g/mol. The molecule has 0 fully saturated rings. The number of carbonyl (C=O) groups excluding carboxylic acids is 2. The van der Waals surface area contributed by atoms with E-state index in [2.05, 4.69) is 5.10 Å². The quantitative estimate of drug-likeness (QED) is 0.836. The van der Waals surface area contributed by atoms with Crippen molar-refractivity contribution in [2.45, 2.75) is 13.0 Å². The second kappa shape index (κ2) is 5.99. The Morgan fingerprint density at radius 2 is 2.00 bits per heavy atom. The molecule has 0 atom stereocenters. The van der Waals surface area contributed by atoms with Crippen LogP contribution in [0.15, 0.2) is 33.5 Å². The predicted octanol–water partition coefficient (Wildman–Crippen LogP) is 0.227. The Balaban J connectivity index is 2.09. The highest BCUT2D eigenvalue weighted by Crippen LogP contribution is 2.15. The van der Waals surface area contributed by atoms with Gasteiger partial charge >= 0.3 is 11.8 Å². The van der Waals surface area contributed by atoms with Gasteiger partial charge in [0, 0.05) is 12.0 Å². The molecule has 0 saturated heterocycles. The number of carbonyl (C=O) groups is 2. The van der Waals surface area contributed by atoms with Crippen molar-refractivity contribution in [1.29, 1.82) is 0 Å². The normalized spacial score (nSPS) is 10.3. The number of benzene rings is 1. The molecule has 1 aromatic carbocycles. The first kappa shape index (κ1) is 14.4. The molecule has 0 aliphatic rings. The number of primary amides is 1. The first-order valence-corrected chi connectivity index (χ1v) is 5.89. The van der Waals surface area contributed by atoms with Gasteiger partial charge in [-0.05, 0) is 24.3 Å². The summed E-state index contributed by atoms with van der Waals surface area (Å²) in [5.74, 6) is -1.82. The molecule has 2 rings (SSSR count). The number of nitrogens with zero attached hydrogens (tertiary/aromatic N) is 2. The van der Waals surface area contributed by atoms with Gasteiger partial charge in [-0.1, -0.05) is 0 Å². The Bertz CT molecular complexity index is 720. The van der Waals surface area contributed by atoms with Crippen LogP contribution in [0.2, 0.25) is 0 Å². The van der Waals surface area contributed by atoms with Gasteiger partial charge in [0.1, 0.15) is 5.82 Å². The Morgan fingerprint density at radius 3 is 2.62 bits per heavy atom. The molecule has 1 heterocycles. The van der Waals surface area contributed by atoms with Gasteiger partial charge in [-0.3, -0.25) is 10.1 Å². The van der Waals surface area contributed by atoms with E-state index in [1.807, 2.05) is 5.32 Å². The minimum Gasteiger partial charge on any atom is -0.388 e. The average Bonchev–Trinajstić information content (AvgIpc) is 2.78. The first-order chi connectivity index (χ1) is 9.95. The Kier molecular flexibility index (Phi) is 4.12. The molecule has 0 radical (unpaired) electrons. The van der Waals surface area contributed by atoms with Crippen molar-refractivity contribution in [3.8, 4) is 11.5 Å². The van der Waals surface area contributed by atoms with Gasteiger partial charge in [0.25, 0.3) is 0 Å². The molecular formula is C12H11FN4O4. The van der Waals surface area contributed by atoms with Crippen molar-refractivity contribution in [2.24, 2.45) is 5.73 Å². The topological polar surface area (TPSA) is 120 Å². The predicted molar refractivity (Wildman–Crippen MR) is 68.5 cm³/mol. The van der Waals surface area contributed by atoms with Gasteiger partial charge in [-0.15, -0.1) is 5.10 Å². The zero-order valence-corrected chi connectivity index (χ0v) is 10.7. The Labute approximate surface area is 117 Å². The van der Waals surface area contributed by atoms with Crippen LogP contribution in [-0.4, -0.2) is 21.7 Å². The summed E-state index contributed by atoms with van der Waals surface area (Å²) in [5.41, 5.74) is 5.21. The van der Waals surface area contributed by atoms with E-state index >= 15 is 0 Å². The summed E-state index contributed by atoms with van der Waals surface area (Å²) in [4.78, 5) is 33.2. The molecule has 2 aromatic rings. The summed E-state index contributed by atoms with van der Waals surface area (Å²) in [6.07, 6.45) is -0.168. The first-order valence-electron chi connectivity index (χ1n) is 5.89. The number of amides is 3. The van der Waals surface area contributed by atoms with Gasteiger partial charge in [-0.25, -0.2) is 14.0 Å². The van der Waals surface area contributed by atoms with Gasteiger partial charge in [0.15, 0.2) is 0 Å². The fourth-order valence-corrected chi connectivity index (χ4v) is 1.56. The summed E-state index contributed by atoms with van der Waals surface area (Å²) in [6.45, 7) is -0.0807. The van der Waals surface area contributed by atoms with Gasteiger partial charge < -0.3 is 10.2 Å². The minimum atomic E-state index is -0.973. The van der Waals surface area contributed by atoms with Gasteiger partial charge in [0.05, 0.1) is 6.54 Å². The average molecular weight is 294 g/mol. The summed E-state index contributed by atoms with van der Waals surface area (Å²) in [6, 6.07) is 4.25. The van der Waals surface area contributed by atoms with E-state index in [4.69, 9.17) is 10.2 Å². The van der Waals surface area contributed by atoms with Crippen LogP contribution in [0.1, 0.15) is 6.42 Å². The second-order valence-electron chi connectivity index (χ2n) is 4.07. The van der Waals surface area contributed by atoms with Crippen molar-refractivity contribution < 1.29 is 18.4 Å². The SMILES string of the molecule is NC(=O)NC(=O)CCn1nc(-c2ccc(F)cc2)oc1=O. The fourth-order valence-electron chi connectivity index (χ4n) is 1.56. The lowest BCUT2D eigenvalue weighted by Gasteiger charge is -1.99. The largest absolute Gasteiger partial charge is 0.437 e. The number of urea groups is 1. The van der Waals surface area contributed by atoms with Gasteiger partial charge in [-0.2, -0.15) is 4.68 Å². The van der Waals surface area contributed by atoms with Crippen molar-refractivity contribution in [2.75, 3.05) is 0 Å². The van der Waals surface area contributed by atoms with Crippen molar-refractivity contribution in [1.82, 2.24) is 15.1 Å². The zero-order valence-electron chi connectivity index (χ0n) is 10.7. The molecule has 21 heavy (non-hydrogen) atoms. The van der Waals surface area contributed by atoms with Crippen LogP contribution in [0.4, 0.5) is 9.18 Å². The molecule has 0 aliphatic carbocycles. The number of aryl methyl sites for hydroxylation is 1. The Morgan fingerprint density at radius 1 is 1.33 bits per heavy atom. The fraction of sp³-hybridized carbons (Fsp3) is 0.167. The lowest BCUT2D eigenvalue weighted by Crippen LogP contribution is -2.35. The molecule has 0 saturated carbocycles. The Hall–Kier alpha value is -2.97. The molecule has 9 heteroatoms. The molecule has 1 aromatic heterocycles. The van der Waals surface area contributed by atoms with Crippen LogP contribution in [0.25, 0.3) is 11.5 Å². The number of hydrogen-bond donors (Lipinski definition) is 2. The van der Waals surface area contributed by atoms with E-state index in [-0.39, 0.29) is 18.9 Å². The zero-order chi connectivity index (χ0) is 15.4. The van der Waals surface area contributed by atoms with Crippen LogP contribution in [0, 0.1) is 5.82 Å². The molecule has 110 valence electrons. The number of nitrogens with two attached hydrogens (primary N) is 1. The van der Waals surface area contributed by atoms with E-state index in [1.165, 1.54) is 24.3 Å². The summed E-state index contributed by atoms with van der Waals surface area (Å²) >= 11 is 0. The molecule has 0 aliphatic heterocycles. The summed E-state index contributed by atoms with van der Waals surface area (Å²) < 4.78 is 18.6. The molecule has 3 N–H and O–H groups in total. The lowest BCUT2D eigenvalue weighted by molar-refractivity contribution is -0.120. The molecule has 0 bridgehead atoms. The maximum absolute atomic E-state index is 12.8. The third kappa shape index (κ3) is 3.75. The number of rotatable bonds is 4. The highest BCUT2D eigenvalue weighted by molar-refractivity contribution is 5.93. The highest BCUT2D eigenvalue weighted by Gasteiger charge is 2.12. The van der Waals surface area contributed by atoms with Crippen LogP contribution in [-0.2, 0) is 11.3 Å². The van der Waals surface area contributed by atoms with Crippen LogP contribution < -0.4 is 16.8 Å². The van der Waals surface area contributed by atoms with Crippen LogP contribution >= 0.6 is 0 Å². The summed E-state index contributed by atoms with van der Waals surface area (Å²) in [5, 5.41) is 5.74. The molecule has 0 spiro atoms. The maximum atomic E-state index is 12.8. The third-order valence-corrected chi connectivity index (χ3v) is 2.51. The van der Waals surface area contributed by atoms with E-state index in [9.17, 15) is 18.8 Å². The lowest BCUT2D eigenvalue weighted by atomic mass is 10.2. The standard InChI is InChI=1S/C12H11FN4O4/c13-8-3-1-7(2-4-8)10-16-17(12(20)21-10)6-5-9(18)15-11(14)19/h1-4H,5-6H2,(H3,14,15,18,19). The number of halogens is 1. The summed E-state index contributed by atoms with van der Waals surface area (Å²) in [7, 11) is 0. The van der Waals surface area contributed by atoms with E-state index in [1.54, 1.807) is 0 Å². The number of nitrogens with one attached hydrogen (secondary N) is 1.